The minimum absolute atomic E-state index is 0.619. The molecule has 0 bridgehead atoms. The molecule has 3 heteroatoms. The minimum Gasteiger partial charge on any atom is -0.375 e. The van der Waals surface area contributed by atoms with Crippen molar-refractivity contribution in [2.24, 2.45) is 0 Å². The van der Waals surface area contributed by atoms with Gasteiger partial charge in [-0.2, -0.15) is 0 Å². The molecule has 0 spiro atoms. The van der Waals surface area contributed by atoms with Crippen molar-refractivity contribution in [3.05, 3.63) is 35.7 Å². The van der Waals surface area contributed by atoms with Gasteiger partial charge in [0.05, 0.1) is 5.69 Å². The zero-order chi connectivity index (χ0) is 10.4. The van der Waals surface area contributed by atoms with Gasteiger partial charge < -0.3 is 5.73 Å². The molecule has 74 valence electrons. The molecule has 1 heterocycles. The molecule has 0 atom stereocenters. The van der Waals surface area contributed by atoms with Gasteiger partial charge in [0.2, 0.25) is 0 Å². The molecule has 2 rings (SSSR count). The van der Waals surface area contributed by atoms with Crippen LogP contribution in [-0.2, 0) is 0 Å². The predicted octanol–water partition coefficient (Wildman–Crippen LogP) is 3.42. The van der Waals surface area contributed by atoms with E-state index in [2.05, 4.69) is 4.98 Å². The Morgan fingerprint density at radius 3 is 2.29 bits per heavy atom. The smallest absolute Gasteiger partial charge is 0.180 e. The molecule has 0 saturated heterocycles. The number of nitrogens with two attached hydrogens (primary N) is 1. The van der Waals surface area contributed by atoms with Crippen molar-refractivity contribution in [3.8, 4) is 11.3 Å². The number of hydrogen-bond donors (Lipinski definition) is 1. The summed E-state index contributed by atoms with van der Waals surface area (Å²) in [6, 6.07) is 10.0. The highest BCUT2D eigenvalue weighted by Crippen LogP contribution is 2.22. The van der Waals surface area contributed by atoms with Crippen LogP contribution in [0.3, 0.4) is 0 Å². The van der Waals surface area contributed by atoms with Crippen LogP contribution in [0.4, 0.5) is 5.13 Å². The van der Waals surface area contributed by atoms with Crippen LogP contribution in [0.25, 0.3) is 11.3 Å². The zero-order valence-electron chi connectivity index (χ0n) is 8.40. The molecule has 0 aliphatic rings. The third kappa shape index (κ3) is 2.57. The monoisotopic (exact) mass is 206 g/mol. The van der Waals surface area contributed by atoms with Crippen LogP contribution < -0.4 is 5.73 Å². The van der Waals surface area contributed by atoms with Crippen LogP contribution in [0.2, 0.25) is 0 Å². The van der Waals surface area contributed by atoms with E-state index in [1.807, 2.05) is 49.6 Å². The lowest BCUT2D eigenvalue weighted by Crippen LogP contribution is -1.82. The van der Waals surface area contributed by atoms with E-state index in [-0.39, 0.29) is 0 Å². The van der Waals surface area contributed by atoms with E-state index in [1.54, 1.807) is 0 Å². The lowest BCUT2D eigenvalue weighted by molar-refractivity contribution is 1.41. The number of aromatic nitrogens is 1. The van der Waals surface area contributed by atoms with Crippen LogP contribution in [0.1, 0.15) is 13.8 Å². The molecule has 0 aliphatic carbocycles. The maximum atomic E-state index is 5.52. The first-order valence-electron chi connectivity index (χ1n) is 4.63. The summed E-state index contributed by atoms with van der Waals surface area (Å²) in [7, 11) is 0. The van der Waals surface area contributed by atoms with Crippen molar-refractivity contribution in [1.82, 2.24) is 4.98 Å². The number of nitrogens with zero attached hydrogens (tertiary/aromatic N) is 1. The average molecular weight is 206 g/mol. The third-order valence-electron chi connectivity index (χ3n) is 1.59. The molecule has 0 saturated carbocycles. The van der Waals surface area contributed by atoms with Crippen molar-refractivity contribution < 1.29 is 0 Å². The van der Waals surface area contributed by atoms with Gasteiger partial charge in [-0.05, 0) is 0 Å². The summed E-state index contributed by atoms with van der Waals surface area (Å²) in [6.45, 7) is 4.00. The number of hydrogen-bond acceptors (Lipinski definition) is 3. The summed E-state index contributed by atoms with van der Waals surface area (Å²) in [5.74, 6) is 0. The Balaban J connectivity index is 0.000000461. The van der Waals surface area contributed by atoms with Crippen molar-refractivity contribution in [2.75, 3.05) is 5.73 Å². The van der Waals surface area contributed by atoms with E-state index in [0.29, 0.717) is 5.13 Å². The molecule has 2 aromatic rings. The highest BCUT2D eigenvalue weighted by Gasteiger charge is 1.99. The van der Waals surface area contributed by atoms with Crippen molar-refractivity contribution in [2.45, 2.75) is 13.8 Å². The Morgan fingerprint density at radius 2 is 1.79 bits per heavy atom. The van der Waals surface area contributed by atoms with Gasteiger partial charge in [0, 0.05) is 10.9 Å². The van der Waals surface area contributed by atoms with E-state index >= 15 is 0 Å². The number of thiazole rings is 1. The number of anilines is 1. The first-order chi connectivity index (χ1) is 6.86. The van der Waals surface area contributed by atoms with E-state index in [1.165, 1.54) is 11.3 Å². The summed E-state index contributed by atoms with van der Waals surface area (Å²) in [5, 5.41) is 2.58. The van der Waals surface area contributed by atoms with E-state index < -0.39 is 0 Å². The summed E-state index contributed by atoms with van der Waals surface area (Å²) in [5.41, 5.74) is 7.60. The molecule has 2 N–H and O–H groups in total. The maximum absolute atomic E-state index is 5.52. The second-order valence-corrected chi connectivity index (χ2v) is 3.33. The first-order valence-corrected chi connectivity index (χ1v) is 5.50. The molecule has 1 aromatic heterocycles. The Kier molecular flexibility index (Phi) is 4.13. The molecule has 1 aromatic carbocycles. The molecule has 0 fully saturated rings. The van der Waals surface area contributed by atoms with Gasteiger partial charge in [-0.15, -0.1) is 11.3 Å². The van der Waals surface area contributed by atoms with Crippen molar-refractivity contribution in [3.63, 3.8) is 0 Å². The van der Waals surface area contributed by atoms with E-state index in [4.69, 9.17) is 5.73 Å². The summed E-state index contributed by atoms with van der Waals surface area (Å²) in [4.78, 5) is 4.18. The topological polar surface area (TPSA) is 38.9 Å². The Morgan fingerprint density at radius 1 is 1.14 bits per heavy atom. The largest absolute Gasteiger partial charge is 0.375 e. The van der Waals surface area contributed by atoms with E-state index in [9.17, 15) is 0 Å². The normalized spacial score (nSPS) is 9.00. The Bertz CT molecular complexity index is 368. The fourth-order valence-electron chi connectivity index (χ4n) is 1.03. The lowest BCUT2D eigenvalue weighted by Gasteiger charge is -1.92. The van der Waals surface area contributed by atoms with Gasteiger partial charge in [-0.3, -0.25) is 0 Å². The van der Waals surface area contributed by atoms with Crippen LogP contribution in [0.5, 0.6) is 0 Å². The van der Waals surface area contributed by atoms with Crippen LogP contribution >= 0.6 is 11.3 Å². The van der Waals surface area contributed by atoms with E-state index in [0.717, 1.165) is 11.3 Å². The summed E-state index contributed by atoms with van der Waals surface area (Å²) < 4.78 is 0. The standard InChI is InChI=1S/C9H8N2S.C2H6/c10-9-11-8(6-12-9)7-4-2-1-3-5-7;1-2/h1-6H,(H2,10,11);1-2H3. The Labute approximate surface area is 88.4 Å². The molecule has 0 unspecified atom stereocenters. The number of nitrogen functional groups attached to an aromatic ring is 1. The number of rotatable bonds is 1. The fourth-order valence-corrected chi connectivity index (χ4v) is 1.60. The SMILES string of the molecule is CC.Nc1nc(-c2ccccc2)cs1. The minimum atomic E-state index is 0.619. The fraction of sp³-hybridized carbons (Fsp3) is 0.182. The molecular weight excluding hydrogens is 192 g/mol. The van der Waals surface area contributed by atoms with Gasteiger partial charge in [0.15, 0.2) is 5.13 Å². The van der Waals surface area contributed by atoms with Crippen LogP contribution in [-0.4, -0.2) is 4.98 Å². The first kappa shape index (κ1) is 10.7. The average Bonchev–Trinajstić information content (AvgIpc) is 2.69. The number of benzene rings is 1. The van der Waals surface area contributed by atoms with Gasteiger partial charge in [0.1, 0.15) is 0 Å². The van der Waals surface area contributed by atoms with Crippen LogP contribution in [0, 0.1) is 0 Å². The molecule has 0 aliphatic heterocycles. The summed E-state index contributed by atoms with van der Waals surface area (Å²) >= 11 is 1.47. The predicted molar refractivity (Wildman–Crippen MR) is 63.3 cm³/mol. The van der Waals surface area contributed by atoms with Crippen molar-refractivity contribution in [1.29, 1.82) is 0 Å². The van der Waals surface area contributed by atoms with Gasteiger partial charge >= 0.3 is 0 Å². The maximum Gasteiger partial charge on any atom is 0.180 e. The molecular formula is C11H14N2S. The highest BCUT2D eigenvalue weighted by atomic mass is 32.1. The molecule has 0 radical (unpaired) electrons. The second kappa shape index (κ2) is 5.40. The van der Waals surface area contributed by atoms with Gasteiger partial charge in [-0.25, -0.2) is 4.98 Å². The zero-order valence-corrected chi connectivity index (χ0v) is 9.21. The molecule has 0 amide bonds. The molecule has 14 heavy (non-hydrogen) atoms. The quantitative estimate of drug-likeness (QED) is 0.776. The third-order valence-corrected chi connectivity index (χ3v) is 2.27. The second-order valence-electron chi connectivity index (χ2n) is 2.44. The van der Waals surface area contributed by atoms with Crippen molar-refractivity contribution >= 4 is 16.5 Å². The summed E-state index contributed by atoms with van der Waals surface area (Å²) in [6.07, 6.45) is 0. The van der Waals surface area contributed by atoms with Gasteiger partial charge in [-0.1, -0.05) is 44.2 Å². The van der Waals surface area contributed by atoms with Gasteiger partial charge in [0.25, 0.3) is 0 Å². The Hall–Kier alpha value is -1.35. The molecule has 2 nitrogen and oxygen atoms in total. The lowest BCUT2D eigenvalue weighted by atomic mass is 10.2. The highest BCUT2D eigenvalue weighted by molar-refractivity contribution is 7.13. The van der Waals surface area contributed by atoms with Crippen LogP contribution in [0.15, 0.2) is 35.7 Å².